The molecule has 0 aromatic carbocycles. The Bertz CT molecular complexity index is 398. The quantitative estimate of drug-likeness (QED) is 0.872. The number of aromatic nitrogens is 1. The summed E-state index contributed by atoms with van der Waals surface area (Å²) in [6, 6.07) is 0. The van der Waals surface area contributed by atoms with Crippen molar-refractivity contribution in [1.82, 2.24) is 4.98 Å². The minimum atomic E-state index is 0.896. The van der Waals surface area contributed by atoms with Crippen LogP contribution in [-0.4, -0.2) is 4.98 Å². The van der Waals surface area contributed by atoms with Crippen molar-refractivity contribution in [2.45, 2.75) is 38.5 Å². The van der Waals surface area contributed by atoms with Crippen LogP contribution in [0.1, 0.15) is 37.8 Å². The van der Waals surface area contributed by atoms with E-state index in [9.17, 15) is 0 Å². The summed E-state index contributed by atoms with van der Waals surface area (Å²) in [5.74, 6) is 5.02. The standard InChI is InChI=1S/C14H20N2S/c15-14-13(16-7-17-14)6-12-10-2-8-1-9(4-10)5-11(12)3-8/h7-12H,1-6,15H2. The molecule has 3 heteroatoms. The Morgan fingerprint density at radius 1 is 1.12 bits per heavy atom. The molecule has 0 amide bonds. The van der Waals surface area contributed by atoms with Crippen LogP contribution in [0.5, 0.6) is 0 Å². The second kappa shape index (κ2) is 3.71. The van der Waals surface area contributed by atoms with E-state index in [-0.39, 0.29) is 0 Å². The van der Waals surface area contributed by atoms with Gasteiger partial charge in [-0.15, -0.1) is 11.3 Å². The highest BCUT2D eigenvalue weighted by Crippen LogP contribution is 2.57. The van der Waals surface area contributed by atoms with Gasteiger partial charge in [0.05, 0.1) is 11.2 Å². The molecular weight excluding hydrogens is 228 g/mol. The lowest BCUT2D eigenvalue weighted by Crippen LogP contribution is -2.45. The van der Waals surface area contributed by atoms with Gasteiger partial charge < -0.3 is 5.73 Å². The molecule has 4 bridgehead atoms. The molecule has 1 aromatic rings. The van der Waals surface area contributed by atoms with Gasteiger partial charge in [0.2, 0.25) is 0 Å². The zero-order valence-electron chi connectivity index (χ0n) is 10.1. The third-order valence-corrected chi connectivity index (χ3v) is 6.22. The molecule has 2 nitrogen and oxygen atoms in total. The predicted octanol–water partition coefficient (Wildman–Crippen LogP) is 3.34. The Morgan fingerprint density at radius 2 is 1.76 bits per heavy atom. The Kier molecular flexibility index (Phi) is 2.26. The van der Waals surface area contributed by atoms with Crippen molar-refractivity contribution in [2.24, 2.45) is 29.6 Å². The zero-order valence-corrected chi connectivity index (χ0v) is 11.0. The van der Waals surface area contributed by atoms with E-state index >= 15 is 0 Å². The number of nitrogen functional groups attached to an aromatic ring is 1. The average Bonchev–Trinajstić information content (AvgIpc) is 2.68. The maximum absolute atomic E-state index is 6.00. The van der Waals surface area contributed by atoms with Crippen molar-refractivity contribution in [1.29, 1.82) is 0 Å². The molecule has 1 aromatic heterocycles. The Morgan fingerprint density at radius 3 is 2.29 bits per heavy atom. The summed E-state index contributed by atoms with van der Waals surface area (Å²) in [6.07, 6.45) is 8.70. The monoisotopic (exact) mass is 248 g/mol. The van der Waals surface area contributed by atoms with Gasteiger partial charge in [-0.25, -0.2) is 4.98 Å². The molecule has 2 N–H and O–H groups in total. The minimum absolute atomic E-state index is 0.896. The molecule has 0 spiro atoms. The fraction of sp³-hybridized carbons (Fsp3) is 0.786. The Labute approximate surface area is 107 Å². The van der Waals surface area contributed by atoms with Crippen LogP contribution in [-0.2, 0) is 6.42 Å². The van der Waals surface area contributed by atoms with Gasteiger partial charge in [-0.2, -0.15) is 0 Å². The van der Waals surface area contributed by atoms with Crippen molar-refractivity contribution in [3.8, 4) is 0 Å². The number of thiazole rings is 1. The van der Waals surface area contributed by atoms with Gasteiger partial charge in [0.25, 0.3) is 0 Å². The minimum Gasteiger partial charge on any atom is -0.389 e. The van der Waals surface area contributed by atoms with Crippen molar-refractivity contribution in [2.75, 3.05) is 5.73 Å². The molecule has 4 aliphatic rings. The summed E-state index contributed by atoms with van der Waals surface area (Å²) >= 11 is 1.60. The van der Waals surface area contributed by atoms with Crippen LogP contribution in [0.25, 0.3) is 0 Å². The number of anilines is 1. The molecule has 0 unspecified atom stereocenters. The molecule has 0 aliphatic heterocycles. The maximum Gasteiger partial charge on any atom is 0.109 e. The van der Waals surface area contributed by atoms with Gasteiger partial charge in [0.15, 0.2) is 0 Å². The van der Waals surface area contributed by atoms with E-state index in [0.29, 0.717) is 0 Å². The predicted molar refractivity (Wildman–Crippen MR) is 70.8 cm³/mol. The maximum atomic E-state index is 6.00. The van der Waals surface area contributed by atoms with Crippen LogP contribution in [0.4, 0.5) is 5.00 Å². The highest BCUT2D eigenvalue weighted by atomic mass is 32.1. The smallest absolute Gasteiger partial charge is 0.109 e. The normalized spacial score (nSPS) is 43.2. The first-order chi connectivity index (χ1) is 8.29. The van der Waals surface area contributed by atoms with E-state index < -0.39 is 0 Å². The molecular formula is C14H20N2S. The molecule has 4 fully saturated rings. The summed E-state index contributed by atoms with van der Waals surface area (Å²) in [5.41, 5.74) is 9.09. The molecule has 92 valence electrons. The summed E-state index contributed by atoms with van der Waals surface area (Å²) in [6.45, 7) is 0. The fourth-order valence-corrected chi connectivity index (χ4v) is 5.59. The lowest BCUT2D eigenvalue weighted by Gasteiger charge is -2.54. The van der Waals surface area contributed by atoms with Gasteiger partial charge in [-0.1, -0.05) is 0 Å². The molecule has 1 heterocycles. The van der Waals surface area contributed by atoms with Crippen LogP contribution in [0.3, 0.4) is 0 Å². The van der Waals surface area contributed by atoms with Crippen molar-refractivity contribution in [3.05, 3.63) is 11.2 Å². The first kappa shape index (κ1) is 10.4. The van der Waals surface area contributed by atoms with Gasteiger partial charge in [0, 0.05) is 0 Å². The first-order valence-electron chi connectivity index (χ1n) is 6.97. The largest absolute Gasteiger partial charge is 0.389 e. The molecule has 4 saturated carbocycles. The fourth-order valence-electron chi connectivity index (χ4n) is 5.03. The number of nitrogens with zero attached hydrogens (tertiary/aromatic N) is 1. The summed E-state index contributed by atoms with van der Waals surface area (Å²) < 4.78 is 0. The van der Waals surface area contributed by atoms with E-state index in [2.05, 4.69) is 4.98 Å². The molecule has 5 rings (SSSR count). The van der Waals surface area contributed by atoms with Gasteiger partial charge in [0.1, 0.15) is 5.00 Å². The second-order valence-electron chi connectivity index (χ2n) is 6.46. The van der Waals surface area contributed by atoms with Gasteiger partial charge in [-0.3, -0.25) is 0 Å². The number of rotatable bonds is 2. The van der Waals surface area contributed by atoms with E-state index in [0.717, 1.165) is 41.0 Å². The van der Waals surface area contributed by atoms with E-state index in [4.69, 9.17) is 5.73 Å². The summed E-state index contributed by atoms with van der Waals surface area (Å²) in [5, 5.41) is 0.957. The van der Waals surface area contributed by atoms with Crippen molar-refractivity contribution in [3.63, 3.8) is 0 Å². The molecule has 4 aliphatic carbocycles. The number of hydrogen-bond donors (Lipinski definition) is 1. The van der Waals surface area contributed by atoms with Gasteiger partial charge >= 0.3 is 0 Å². The molecule has 0 saturated heterocycles. The highest BCUT2D eigenvalue weighted by Gasteiger charge is 2.48. The zero-order chi connectivity index (χ0) is 11.4. The van der Waals surface area contributed by atoms with Crippen LogP contribution < -0.4 is 5.73 Å². The van der Waals surface area contributed by atoms with Crippen molar-refractivity contribution < 1.29 is 0 Å². The molecule has 17 heavy (non-hydrogen) atoms. The SMILES string of the molecule is Nc1scnc1CC1C2CC3CC(C2)CC1C3. The molecule has 0 atom stereocenters. The molecule has 0 radical (unpaired) electrons. The topological polar surface area (TPSA) is 38.9 Å². The Hall–Kier alpha value is -0.570. The number of hydrogen-bond acceptors (Lipinski definition) is 3. The summed E-state index contributed by atoms with van der Waals surface area (Å²) in [7, 11) is 0. The van der Waals surface area contributed by atoms with E-state index in [1.807, 2.05) is 5.51 Å². The van der Waals surface area contributed by atoms with E-state index in [1.54, 1.807) is 17.8 Å². The van der Waals surface area contributed by atoms with Gasteiger partial charge in [-0.05, 0) is 68.1 Å². The van der Waals surface area contributed by atoms with Crippen molar-refractivity contribution >= 4 is 16.3 Å². The first-order valence-corrected chi connectivity index (χ1v) is 7.85. The third kappa shape index (κ3) is 1.62. The van der Waals surface area contributed by atoms with Crippen LogP contribution in [0.2, 0.25) is 0 Å². The second-order valence-corrected chi connectivity index (χ2v) is 7.35. The third-order valence-electron chi connectivity index (χ3n) is 5.52. The number of nitrogens with two attached hydrogens (primary N) is 1. The van der Waals surface area contributed by atoms with Crippen LogP contribution in [0.15, 0.2) is 5.51 Å². The lowest BCUT2D eigenvalue weighted by molar-refractivity contribution is -0.0362. The lowest BCUT2D eigenvalue weighted by atomic mass is 9.51. The Balaban J connectivity index is 1.57. The van der Waals surface area contributed by atoms with Crippen LogP contribution >= 0.6 is 11.3 Å². The average molecular weight is 248 g/mol. The highest BCUT2D eigenvalue weighted by molar-refractivity contribution is 7.13. The van der Waals surface area contributed by atoms with E-state index in [1.165, 1.54) is 31.4 Å². The van der Waals surface area contributed by atoms with Crippen LogP contribution in [0, 0.1) is 29.6 Å². The summed E-state index contributed by atoms with van der Waals surface area (Å²) in [4.78, 5) is 4.46.